The molecular formula is C12H16FNOS. The van der Waals surface area contributed by atoms with Gasteiger partial charge in [0.05, 0.1) is 7.11 Å². The number of ether oxygens (including phenoxy) is 1. The van der Waals surface area contributed by atoms with E-state index < -0.39 is 0 Å². The van der Waals surface area contributed by atoms with E-state index in [1.165, 1.54) is 7.11 Å². The number of hydrogen-bond donors (Lipinski definition) is 1. The SMILES string of the molecule is CNC1c2ccc(OC)c(F)c2CSC1C. The van der Waals surface area contributed by atoms with Gasteiger partial charge < -0.3 is 10.1 Å². The summed E-state index contributed by atoms with van der Waals surface area (Å²) in [6.45, 7) is 2.16. The van der Waals surface area contributed by atoms with Gasteiger partial charge in [0.1, 0.15) is 0 Å². The topological polar surface area (TPSA) is 21.3 Å². The van der Waals surface area contributed by atoms with Crippen molar-refractivity contribution in [2.45, 2.75) is 24.0 Å². The van der Waals surface area contributed by atoms with E-state index in [1.807, 2.05) is 13.1 Å². The summed E-state index contributed by atoms with van der Waals surface area (Å²) < 4.78 is 19.0. The van der Waals surface area contributed by atoms with Crippen molar-refractivity contribution in [3.05, 3.63) is 29.1 Å². The van der Waals surface area contributed by atoms with Gasteiger partial charge in [0.15, 0.2) is 11.6 Å². The molecule has 0 fully saturated rings. The van der Waals surface area contributed by atoms with Crippen molar-refractivity contribution >= 4 is 11.8 Å². The van der Waals surface area contributed by atoms with E-state index in [0.29, 0.717) is 11.0 Å². The van der Waals surface area contributed by atoms with Gasteiger partial charge in [-0.15, -0.1) is 0 Å². The van der Waals surface area contributed by atoms with E-state index in [0.717, 1.165) is 16.9 Å². The fraction of sp³-hybridized carbons (Fsp3) is 0.500. The maximum atomic E-state index is 14.0. The molecule has 88 valence electrons. The minimum atomic E-state index is -0.209. The lowest BCUT2D eigenvalue weighted by Gasteiger charge is -2.31. The molecule has 1 heterocycles. The van der Waals surface area contributed by atoms with Crippen molar-refractivity contribution in [2.75, 3.05) is 14.2 Å². The van der Waals surface area contributed by atoms with Gasteiger partial charge in [0.25, 0.3) is 0 Å². The van der Waals surface area contributed by atoms with E-state index in [-0.39, 0.29) is 11.9 Å². The standard InChI is InChI=1S/C12H16FNOS/c1-7-12(14-2)8-4-5-10(15-3)11(13)9(8)6-16-7/h4-5,7,12,14H,6H2,1-3H3. The Kier molecular flexibility index (Phi) is 3.40. The van der Waals surface area contributed by atoms with Crippen LogP contribution in [0.15, 0.2) is 12.1 Å². The van der Waals surface area contributed by atoms with Gasteiger partial charge in [-0.1, -0.05) is 13.0 Å². The number of thioether (sulfide) groups is 1. The Hall–Kier alpha value is -0.740. The fourth-order valence-electron chi connectivity index (χ4n) is 2.16. The summed E-state index contributed by atoms with van der Waals surface area (Å²) in [6.07, 6.45) is 0. The van der Waals surface area contributed by atoms with Crippen LogP contribution in [0.5, 0.6) is 5.75 Å². The Balaban J connectivity index is 2.49. The number of hydrogen-bond acceptors (Lipinski definition) is 3. The van der Waals surface area contributed by atoms with Crippen LogP contribution in [0.3, 0.4) is 0 Å². The first-order valence-corrected chi connectivity index (χ1v) is 6.38. The molecule has 2 nitrogen and oxygen atoms in total. The van der Waals surface area contributed by atoms with E-state index in [9.17, 15) is 4.39 Å². The summed E-state index contributed by atoms with van der Waals surface area (Å²) in [5, 5.41) is 3.71. The molecule has 16 heavy (non-hydrogen) atoms. The van der Waals surface area contributed by atoms with Crippen molar-refractivity contribution in [1.29, 1.82) is 0 Å². The lowest BCUT2D eigenvalue weighted by atomic mass is 9.97. The molecule has 0 saturated carbocycles. The van der Waals surface area contributed by atoms with Gasteiger partial charge in [-0.25, -0.2) is 4.39 Å². The molecule has 1 aromatic rings. The summed E-state index contributed by atoms with van der Waals surface area (Å²) in [6, 6.07) is 3.89. The smallest absolute Gasteiger partial charge is 0.169 e. The highest BCUT2D eigenvalue weighted by Gasteiger charge is 2.28. The summed E-state index contributed by atoms with van der Waals surface area (Å²) in [4.78, 5) is 0. The number of nitrogens with one attached hydrogen (secondary N) is 1. The summed E-state index contributed by atoms with van der Waals surface area (Å²) in [5.41, 5.74) is 1.84. The normalized spacial score (nSPS) is 24.0. The molecule has 0 radical (unpaired) electrons. The Morgan fingerprint density at radius 1 is 1.50 bits per heavy atom. The lowest BCUT2D eigenvalue weighted by molar-refractivity contribution is 0.383. The van der Waals surface area contributed by atoms with Gasteiger partial charge in [-0.3, -0.25) is 0 Å². The number of benzene rings is 1. The largest absolute Gasteiger partial charge is 0.494 e. The zero-order chi connectivity index (χ0) is 11.7. The van der Waals surface area contributed by atoms with Crippen LogP contribution in [0, 0.1) is 5.82 Å². The average molecular weight is 241 g/mol. The summed E-state index contributed by atoms with van der Waals surface area (Å²) in [5.74, 6) is 0.848. The van der Waals surface area contributed by atoms with Crippen molar-refractivity contribution in [1.82, 2.24) is 5.32 Å². The van der Waals surface area contributed by atoms with E-state index in [2.05, 4.69) is 12.2 Å². The molecule has 0 amide bonds. The maximum Gasteiger partial charge on any atom is 0.169 e. The van der Waals surface area contributed by atoms with Crippen LogP contribution >= 0.6 is 11.8 Å². The Morgan fingerprint density at radius 2 is 2.25 bits per heavy atom. The number of halogens is 1. The van der Waals surface area contributed by atoms with Crippen LogP contribution in [0.4, 0.5) is 4.39 Å². The first-order valence-electron chi connectivity index (χ1n) is 5.33. The van der Waals surface area contributed by atoms with Gasteiger partial charge in [0.2, 0.25) is 0 Å². The molecule has 1 N–H and O–H groups in total. The molecule has 2 unspecified atom stereocenters. The van der Waals surface area contributed by atoms with Crippen LogP contribution < -0.4 is 10.1 Å². The van der Waals surface area contributed by atoms with Gasteiger partial charge in [-0.2, -0.15) is 11.8 Å². The van der Waals surface area contributed by atoms with Crippen LogP contribution in [0.1, 0.15) is 24.1 Å². The maximum absolute atomic E-state index is 14.0. The molecule has 4 heteroatoms. The second kappa shape index (κ2) is 4.63. The first-order chi connectivity index (χ1) is 7.69. The van der Waals surface area contributed by atoms with Crippen LogP contribution in [0.2, 0.25) is 0 Å². The molecule has 2 rings (SSSR count). The average Bonchev–Trinajstić information content (AvgIpc) is 2.29. The lowest BCUT2D eigenvalue weighted by Crippen LogP contribution is -2.29. The third-order valence-electron chi connectivity index (χ3n) is 3.07. The fourth-order valence-corrected chi connectivity index (χ4v) is 3.36. The van der Waals surface area contributed by atoms with E-state index >= 15 is 0 Å². The molecule has 0 aliphatic carbocycles. The Bertz CT molecular complexity index is 397. The second-order valence-electron chi connectivity index (χ2n) is 3.93. The monoisotopic (exact) mass is 241 g/mol. The molecule has 0 bridgehead atoms. The third-order valence-corrected chi connectivity index (χ3v) is 4.32. The highest BCUT2D eigenvalue weighted by Crippen LogP contribution is 2.40. The zero-order valence-corrected chi connectivity index (χ0v) is 10.5. The highest BCUT2D eigenvalue weighted by atomic mass is 32.2. The molecule has 0 saturated heterocycles. The van der Waals surface area contributed by atoms with Crippen molar-refractivity contribution in [2.24, 2.45) is 0 Å². The molecule has 1 aliphatic heterocycles. The Labute approximate surface area is 99.6 Å². The van der Waals surface area contributed by atoms with E-state index in [4.69, 9.17) is 4.74 Å². The summed E-state index contributed by atoms with van der Waals surface area (Å²) in [7, 11) is 3.41. The van der Waals surface area contributed by atoms with Crippen LogP contribution in [-0.4, -0.2) is 19.4 Å². The minimum absolute atomic E-state index is 0.209. The molecule has 2 atom stereocenters. The third kappa shape index (κ3) is 1.80. The van der Waals surface area contributed by atoms with Crippen molar-refractivity contribution in [3.63, 3.8) is 0 Å². The highest BCUT2D eigenvalue weighted by molar-refractivity contribution is 7.99. The second-order valence-corrected chi connectivity index (χ2v) is 5.30. The summed E-state index contributed by atoms with van der Waals surface area (Å²) >= 11 is 1.77. The first kappa shape index (κ1) is 11.7. The van der Waals surface area contributed by atoms with Crippen molar-refractivity contribution in [3.8, 4) is 5.75 Å². The van der Waals surface area contributed by atoms with Gasteiger partial charge >= 0.3 is 0 Å². The van der Waals surface area contributed by atoms with Crippen LogP contribution in [-0.2, 0) is 5.75 Å². The van der Waals surface area contributed by atoms with E-state index in [1.54, 1.807) is 17.8 Å². The predicted octanol–water partition coefficient (Wildman–Crippen LogP) is 2.73. The minimum Gasteiger partial charge on any atom is -0.494 e. The number of methoxy groups -OCH3 is 1. The Morgan fingerprint density at radius 3 is 2.88 bits per heavy atom. The quantitative estimate of drug-likeness (QED) is 0.860. The number of rotatable bonds is 2. The molecule has 1 aromatic carbocycles. The molecular weight excluding hydrogens is 225 g/mol. The van der Waals surface area contributed by atoms with Crippen molar-refractivity contribution < 1.29 is 9.13 Å². The number of fused-ring (bicyclic) bond motifs is 1. The van der Waals surface area contributed by atoms with Crippen LogP contribution in [0.25, 0.3) is 0 Å². The molecule has 0 aromatic heterocycles. The van der Waals surface area contributed by atoms with Gasteiger partial charge in [0, 0.05) is 22.6 Å². The predicted molar refractivity (Wildman–Crippen MR) is 65.5 cm³/mol. The molecule has 1 aliphatic rings. The van der Waals surface area contributed by atoms with Gasteiger partial charge in [-0.05, 0) is 18.7 Å². The zero-order valence-electron chi connectivity index (χ0n) is 9.71. The molecule has 0 spiro atoms.